The van der Waals surface area contributed by atoms with E-state index >= 15 is 0 Å². The second kappa shape index (κ2) is 6.33. The number of H-pyrrole nitrogens is 1. The molecule has 1 aromatic rings. The molecule has 1 aliphatic carbocycles. The number of methoxy groups -OCH3 is 1. The van der Waals surface area contributed by atoms with Crippen molar-refractivity contribution in [3.05, 3.63) is 22.5 Å². The topological polar surface area (TPSA) is 71.2 Å². The average Bonchev–Trinajstić information content (AvgIpc) is 2.76. The first-order chi connectivity index (χ1) is 9.95. The molecule has 0 aromatic carbocycles. The van der Waals surface area contributed by atoms with E-state index in [1.54, 1.807) is 13.8 Å². The Morgan fingerprint density at radius 2 is 1.90 bits per heavy atom. The summed E-state index contributed by atoms with van der Waals surface area (Å²) in [5.74, 6) is -0.0463. The Morgan fingerprint density at radius 3 is 2.52 bits per heavy atom. The third-order valence-electron chi connectivity index (χ3n) is 4.48. The Hall–Kier alpha value is -1.78. The highest BCUT2D eigenvalue weighted by Crippen LogP contribution is 2.25. The fourth-order valence-electron chi connectivity index (χ4n) is 3.16. The first-order valence-corrected chi connectivity index (χ1v) is 7.54. The number of ether oxygens (including phenoxy) is 1. The van der Waals surface area contributed by atoms with Crippen molar-refractivity contribution in [2.75, 3.05) is 7.11 Å². The van der Waals surface area contributed by atoms with Crippen molar-refractivity contribution in [3.8, 4) is 0 Å². The molecule has 21 heavy (non-hydrogen) atoms. The summed E-state index contributed by atoms with van der Waals surface area (Å²) in [4.78, 5) is 27.2. The minimum absolute atomic E-state index is 0.135. The van der Waals surface area contributed by atoms with Crippen molar-refractivity contribution in [3.63, 3.8) is 0 Å². The smallest absolute Gasteiger partial charge is 0.339 e. The lowest BCUT2D eigenvalue weighted by Gasteiger charge is -2.29. The van der Waals surface area contributed by atoms with Gasteiger partial charge < -0.3 is 15.0 Å². The van der Waals surface area contributed by atoms with Crippen molar-refractivity contribution in [2.45, 2.75) is 52.5 Å². The number of aromatic nitrogens is 1. The van der Waals surface area contributed by atoms with Crippen LogP contribution in [0.3, 0.4) is 0 Å². The van der Waals surface area contributed by atoms with E-state index in [-0.39, 0.29) is 11.9 Å². The number of amides is 1. The second-order valence-electron chi connectivity index (χ2n) is 5.96. The SMILES string of the molecule is COC(=O)c1c(C)[nH]c(C(=O)N[C@@H]2CCCC[C@@H]2C)c1C. The van der Waals surface area contributed by atoms with Gasteiger partial charge >= 0.3 is 5.97 Å². The van der Waals surface area contributed by atoms with Crippen molar-refractivity contribution >= 4 is 11.9 Å². The highest BCUT2D eigenvalue weighted by atomic mass is 16.5. The van der Waals surface area contributed by atoms with E-state index in [4.69, 9.17) is 4.74 Å². The number of aromatic amines is 1. The maximum absolute atomic E-state index is 12.5. The lowest BCUT2D eigenvalue weighted by atomic mass is 9.86. The number of carbonyl (C=O) groups excluding carboxylic acids is 2. The van der Waals surface area contributed by atoms with E-state index in [1.807, 2.05) is 0 Å². The van der Waals surface area contributed by atoms with Gasteiger partial charge in [0.1, 0.15) is 5.69 Å². The normalized spacial score (nSPS) is 21.9. The molecule has 1 aliphatic rings. The molecule has 0 saturated heterocycles. The van der Waals surface area contributed by atoms with Crippen LogP contribution in [0.2, 0.25) is 0 Å². The third-order valence-corrected chi connectivity index (χ3v) is 4.48. The molecule has 1 saturated carbocycles. The van der Waals surface area contributed by atoms with Crippen LogP contribution in [-0.4, -0.2) is 30.0 Å². The van der Waals surface area contributed by atoms with Crippen molar-refractivity contribution in [2.24, 2.45) is 5.92 Å². The van der Waals surface area contributed by atoms with Crippen LogP contribution in [0.4, 0.5) is 0 Å². The standard InChI is InChI=1S/C16H24N2O3/c1-9-7-5-6-8-12(9)18-15(19)14-10(2)13(11(3)17-14)16(20)21-4/h9,12,17H,5-8H2,1-4H3,(H,18,19)/t9-,12+/m0/s1. The van der Waals surface area contributed by atoms with Gasteiger partial charge in [0.05, 0.1) is 12.7 Å². The Balaban J connectivity index is 2.18. The molecule has 1 heterocycles. The lowest BCUT2D eigenvalue weighted by molar-refractivity contribution is 0.0599. The first-order valence-electron chi connectivity index (χ1n) is 7.54. The van der Waals surface area contributed by atoms with Gasteiger partial charge in [-0.3, -0.25) is 4.79 Å². The van der Waals surface area contributed by atoms with Crippen molar-refractivity contribution in [1.82, 2.24) is 10.3 Å². The molecule has 1 fully saturated rings. The fraction of sp³-hybridized carbons (Fsp3) is 0.625. The zero-order valence-corrected chi connectivity index (χ0v) is 13.2. The summed E-state index contributed by atoms with van der Waals surface area (Å²) in [5, 5.41) is 3.10. The number of nitrogens with one attached hydrogen (secondary N) is 2. The molecule has 2 rings (SSSR count). The van der Waals surface area contributed by atoms with E-state index in [1.165, 1.54) is 13.5 Å². The summed E-state index contributed by atoms with van der Waals surface area (Å²) in [6.07, 6.45) is 4.57. The predicted molar refractivity (Wildman–Crippen MR) is 80.5 cm³/mol. The molecule has 5 nitrogen and oxygen atoms in total. The van der Waals surface area contributed by atoms with Crippen LogP contribution in [0.1, 0.15) is 64.7 Å². The molecule has 116 valence electrons. The summed E-state index contributed by atoms with van der Waals surface area (Å²) in [5.41, 5.74) is 2.24. The van der Waals surface area contributed by atoms with Gasteiger partial charge in [-0.05, 0) is 38.2 Å². The monoisotopic (exact) mass is 292 g/mol. The molecule has 0 bridgehead atoms. The molecule has 0 radical (unpaired) electrons. The van der Waals surface area contributed by atoms with Gasteiger partial charge in [-0.2, -0.15) is 0 Å². The lowest BCUT2D eigenvalue weighted by Crippen LogP contribution is -2.41. The minimum atomic E-state index is -0.411. The molecule has 2 N–H and O–H groups in total. The van der Waals surface area contributed by atoms with Gasteiger partial charge in [-0.15, -0.1) is 0 Å². The number of hydrogen-bond acceptors (Lipinski definition) is 3. The molecule has 1 amide bonds. The van der Waals surface area contributed by atoms with Crippen LogP contribution < -0.4 is 5.32 Å². The van der Waals surface area contributed by atoms with E-state index < -0.39 is 5.97 Å². The summed E-state index contributed by atoms with van der Waals surface area (Å²) in [6, 6.07) is 0.218. The third kappa shape index (κ3) is 3.12. The molecule has 2 atom stereocenters. The van der Waals surface area contributed by atoms with Gasteiger partial charge in [-0.25, -0.2) is 4.79 Å². The van der Waals surface area contributed by atoms with Crippen molar-refractivity contribution in [1.29, 1.82) is 0 Å². The molecule has 0 aliphatic heterocycles. The van der Waals surface area contributed by atoms with E-state index in [2.05, 4.69) is 17.2 Å². The zero-order valence-electron chi connectivity index (χ0n) is 13.2. The highest BCUT2D eigenvalue weighted by molar-refractivity contribution is 6.00. The van der Waals surface area contributed by atoms with Crippen LogP contribution in [0.5, 0.6) is 0 Å². The Labute approximate surface area is 125 Å². The molecule has 5 heteroatoms. The average molecular weight is 292 g/mol. The predicted octanol–water partition coefficient (Wildman–Crippen LogP) is 2.73. The maximum Gasteiger partial charge on any atom is 0.339 e. The van der Waals surface area contributed by atoms with Crippen LogP contribution >= 0.6 is 0 Å². The molecule has 1 aromatic heterocycles. The molecule has 0 spiro atoms. The summed E-state index contributed by atoms with van der Waals surface area (Å²) >= 11 is 0. The Bertz CT molecular complexity index is 548. The second-order valence-corrected chi connectivity index (χ2v) is 5.96. The van der Waals surface area contributed by atoms with Crippen LogP contribution in [0.25, 0.3) is 0 Å². The van der Waals surface area contributed by atoms with E-state index in [0.717, 1.165) is 19.3 Å². The Kier molecular flexibility index (Phi) is 4.70. The zero-order chi connectivity index (χ0) is 15.6. The van der Waals surface area contributed by atoms with Crippen LogP contribution in [0, 0.1) is 19.8 Å². The maximum atomic E-state index is 12.5. The molecular weight excluding hydrogens is 268 g/mol. The minimum Gasteiger partial charge on any atom is -0.465 e. The number of esters is 1. The van der Waals surface area contributed by atoms with E-state index in [0.29, 0.717) is 28.4 Å². The van der Waals surface area contributed by atoms with Gasteiger partial charge in [0, 0.05) is 11.7 Å². The Morgan fingerprint density at radius 1 is 1.24 bits per heavy atom. The molecular formula is C16H24N2O3. The van der Waals surface area contributed by atoms with Gasteiger partial charge in [0.2, 0.25) is 0 Å². The number of aryl methyl sites for hydroxylation is 1. The van der Waals surface area contributed by atoms with Crippen LogP contribution in [-0.2, 0) is 4.74 Å². The summed E-state index contributed by atoms with van der Waals surface area (Å²) < 4.78 is 4.77. The number of carbonyl (C=O) groups is 2. The van der Waals surface area contributed by atoms with Gasteiger partial charge in [-0.1, -0.05) is 19.8 Å². The molecule has 0 unspecified atom stereocenters. The largest absolute Gasteiger partial charge is 0.465 e. The summed E-state index contributed by atoms with van der Waals surface area (Å²) in [6.45, 7) is 5.73. The summed E-state index contributed by atoms with van der Waals surface area (Å²) in [7, 11) is 1.34. The fourth-order valence-corrected chi connectivity index (χ4v) is 3.16. The number of rotatable bonds is 3. The van der Waals surface area contributed by atoms with E-state index in [9.17, 15) is 9.59 Å². The van der Waals surface area contributed by atoms with Crippen LogP contribution in [0.15, 0.2) is 0 Å². The number of hydrogen-bond donors (Lipinski definition) is 2. The quantitative estimate of drug-likeness (QED) is 0.841. The van der Waals surface area contributed by atoms with Crippen molar-refractivity contribution < 1.29 is 14.3 Å². The van der Waals surface area contributed by atoms with Gasteiger partial charge in [0.15, 0.2) is 0 Å². The first kappa shape index (κ1) is 15.6. The highest BCUT2D eigenvalue weighted by Gasteiger charge is 2.27. The van der Waals surface area contributed by atoms with Gasteiger partial charge in [0.25, 0.3) is 5.91 Å².